The minimum absolute atomic E-state index is 0.192. The minimum atomic E-state index is -0.650. The van der Waals surface area contributed by atoms with Gasteiger partial charge in [0, 0.05) is 12.4 Å². The summed E-state index contributed by atoms with van der Waals surface area (Å²) >= 11 is 0. The van der Waals surface area contributed by atoms with Gasteiger partial charge in [-0.3, -0.25) is 9.78 Å². The molecule has 0 saturated carbocycles. The van der Waals surface area contributed by atoms with Crippen molar-refractivity contribution in [3.8, 4) is 28.7 Å². The Balaban J connectivity index is 1.75. The third kappa shape index (κ3) is 5.60. The fourth-order valence-corrected chi connectivity index (χ4v) is 2.93. The molecule has 0 saturated heterocycles. The molecule has 3 aromatic rings. The van der Waals surface area contributed by atoms with Gasteiger partial charge in [0.2, 0.25) is 5.75 Å². The van der Waals surface area contributed by atoms with Crippen molar-refractivity contribution >= 4 is 18.1 Å². The predicted octanol–water partition coefficient (Wildman–Crippen LogP) is 3.10. The Morgan fingerprint density at radius 3 is 2.15 bits per heavy atom. The molecular weight excluding hydrogens is 442 g/mol. The molecule has 0 bridgehead atoms. The van der Waals surface area contributed by atoms with Crippen LogP contribution in [0.15, 0.2) is 60.0 Å². The van der Waals surface area contributed by atoms with Crippen molar-refractivity contribution in [3.63, 3.8) is 0 Å². The molecule has 1 amide bonds. The van der Waals surface area contributed by atoms with Crippen LogP contribution in [0.2, 0.25) is 0 Å². The molecule has 0 aliphatic rings. The van der Waals surface area contributed by atoms with Crippen LogP contribution < -0.4 is 29.1 Å². The Labute approximate surface area is 196 Å². The Morgan fingerprint density at radius 2 is 1.56 bits per heavy atom. The van der Waals surface area contributed by atoms with Crippen LogP contribution in [0.3, 0.4) is 0 Å². The van der Waals surface area contributed by atoms with E-state index in [0.29, 0.717) is 34.1 Å². The van der Waals surface area contributed by atoms with E-state index in [4.69, 9.17) is 23.7 Å². The Kier molecular flexibility index (Phi) is 8.01. The summed E-state index contributed by atoms with van der Waals surface area (Å²) in [5, 5.41) is 3.93. The van der Waals surface area contributed by atoms with E-state index in [1.807, 2.05) is 0 Å². The van der Waals surface area contributed by atoms with Crippen molar-refractivity contribution < 1.29 is 33.3 Å². The lowest BCUT2D eigenvalue weighted by Gasteiger charge is -2.14. The molecule has 0 spiro atoms. The van der Waals surface area contributed by atoms with E-state index < -0.39 is 11.9 Å². The van der Waals surface area contributed by atoms with Crippen molar-refractivity contribution in [1.29, 1.82) is 0 Å². The summed E-state index contributed by atoms with van der Waals surface area (Å²) < 4.78 is 26.7. The molecule has 0 atom stereocenters. The average molecular weight is 465 g/mol. The first-order valence-corrected chi connectivity index (χ1v) is 9.94. The van der Waals surface area contributed by atoms with Gasteiger partial charge in [0.25, 0.3) is 5.91 Å². The van der Waals surface area contributed by atoms with E-state index in [9.17, 15) is 9.59 Å². The fourth-order valence-electron chi connectivity index (χ4n) is 2.93. The monoisotopic (exact) mass is 465 g/mol. The lowest BCUT2D eigenvalue weighted by molar-refractivity contribution is 0.0728. The maximum absolute atomic E-state index is 12.8. The van der Waals surface area contributed by atoms with E-state index in [-0.39, 0.29) is 11.3 Å². The topological polar surface area (TPSA) is 118 Å². The van der Waals surface area contributed by atoms with Crippen LogP contribution in [-0.4, -0.2) is 51.5 Å². The van der Waals surface area contributed by atoms with Crippen molar-refractivity contribution in [1.82, 2.24) is 10.4 Å². The van der Waals surface area contributed by atoms with E-state index in [1.54, 1.807) is 36.5 Å². The summed E-state index contributed by atoms with van der Waals surface area (Å²) in [6, 6.07) is 11.1. The normalized spacial score (nSPS) is 10.5. The predicted molar refractivity (Wildman–Crippen MR) is 123 cm³/mol. The number of nitrogens with zero attached hydrogens (tertiary/aromatic N) is 2. The van der Waals surface area contributed by atoms with Gasteiger partial charge < -0.3 is 23.7 Å². The summed E-state index contributed by atoms with van der Waals surface area (Å²) in [5.74, 6) is 0.441. The van der Waals surface area contributed by atoms with Crippen molar-refractivity contribution in [2.24, 2.45) is 5.10 Å². The molecular formula is C24H23N3O7. The van der Waals surface area contributed by atoms with Gasteiger partial charge in [0.15, 0.2) is 23.0 Å². The standard InChI is InChI=1S/C24H23N3O7/c1-30-19-10-15(13-26-27-23(28)16-6-5-9-25-14-16)7-8-18(19)34-24(29)17-11-20(31-2)22(33-4)21(12-17)32-3/h5-14H,1-4H3,(H,27,28)/b26-13+. The van der Waals surface area contributed by atoms with Gasteiger partial charge in [-0.2, -0.15) is 5.10 Å². The molecule has 3 rings (SSSR count). The second-order valence-corrected chi connectivity index (χ2v) is 6.65. The number of ether oxygens (including phenoxy) is 5. The number of carbonyl (C=O) groups is 2. The molecule has 1 N–H and O–H groups in total. The second kappa shape index (κ2) is 11.3. The summed E-state index contributed by atoms with van der Waals surface area (Å²) in [5.41, 5.74) is 3.60. The number of aromatic nitrogens is 1. The molecule has 0 unspecified atom stereocenters. The molecule has 10 nitrogen and oxygen atoms in total. The second-order valence-electron chi connectivity index (χ2n) is 6.65. The van der Waals surface area contributed by atoms with E-state index in [2.05, 4.69) is 15.5 Å². The largest absolute Gasteiger partial charge is 0.493 e. The van der Waals surface area contributed by atoms with Crippen LogP contribution in [0.1, 0.15) is 26.3 Å². The minimum Gasteiger partial charge on any atom is -0.493 e. The Morgan fingerprint density at radius 1 is 0.853 bits per heavy atom. The summed E-state index contributed by atoms with van der Waals surface area (Å²) in [7, 11) is 5.82. The number of hydrogen-bond donors (Lipinski definition) is 1. The molecule has 176 valence electrons. The quantitative estimate of drug-likeness (QED) is 0.222. The first-order chi connectivity index (χ1) is 16.5. The highest BCUT2D eigenvalue weighted by molar-refractivity contribution is 5.95. The van der Waals surface area contributed by atoms with Crippen molar-refractivity contribution in [3.05, 3.63) is 71.5 Å². The number of benzene rings is 2. The smallest absolute Gasteiger partial charge is 0.343 e. The summed E-state index contributed by atoms with van der Waals surface area (Å²) in [6.45, 7) is 0. The molecule has 0 radical (unpaired) electrons. The molecule has 2 aromatic carbocycles. The SMILES string of the molecule is COc1cc(/C=N/NC(=O)c2cccnc2)ccc1OC(=O)c1cc(OC)c(OC)c(OC)c1. The zero-order valence-corrected chi connectivity index (χ0v) is 19.0. The number of hydrazone groups is 1. The zero-order chi connectivity index (χ0) is 24.5. The molecule has 34 heavy (non-hydrogen) atoms. The number of nitrogens with one attached hydrogen (secondary N) is 1. The van der Waals surface area contributed by atoms with E-state index in [1.165, 1.54) is 53.0 Å². The third-order valence-corrected chi connectivity index (χ3v) is 4.59. The van der Waals surface area contributed by atoms with Crippen LogP contribution in [0, 0.1) is 0 Å². The number of amides is 1. The molecule has 1 heterocycles. The van der Waals surface area contributed by atoms with Gasteiger partial charge in [-0.25, -0.2) is 10.2 Å². The van der Waals surface area contributed by atoms with Gasteiger partial charge in [-0.05, 0) is 48.0 Å². The van der Waals surface area contributed by atoms with Crippen molar-refractivity contribution in [2.45, 2.75) is 0 Å². The molecule has 10 heteroatoms. The number of pyridine rings is 1. The highest BCUT2D eigenvalue weighted by atomic mass is 16.6. The molecule has 0 aliphatic heterocycles. The summed E-state index contributed by atoms with van der Waals surface area (Å²) in [6.07, 6.45) is 4.44. The van der Waals surface area contributed by atoms with Gasteiger partial charge in [0.05, 0.1) is 45.8 Å². The number of carbonyl (C=O) groups excluding carboxylic acids is 2. The van der Waals surface area contributed by atoms with Gasteiger partial charge >= 0.3 is 5.97 Å². The van der Waals surface area contributed by atoms with E-state index >= 15 is 0 Å². The number of esters is 1. The van der Waals surface area contributed by atoms with Gasteiger partial charge in [-0.15, -0.1) is 0 Å². The van der Waals surface area contributed by atoms with Crippen LogP contribution in [0.25, 0.3) is 0 Å². The van der Waals surface area contributed by atoms with Crippen LogP contribution in [0.4, 0.5) is 0 Å². The Hall–Kier alpha value is -4.60. The first-order valence-electron chi connectivity index (χ1n) is 9.94. The highest BCUT2D eigenvalue weighted by Crippen LogP contribution is 2.38. The third-order valence-electron chi connectivity index (χ3n) is 4.59. The number of hydrogen-bond acceptors (Lipinski definition) is 9. The van der Waals surface area contributed by atoms with Crippen molar-refractivity contribution in [2.75, 3.05) is 28.4 Å². The maximum Gasteiger partial charge on any atom is 0.343 e. The number of rotatable bonds is 9. The lowest BCUT2D eigenvalue weighted by atomic mass is 10.1. The average Bonchev–Trinajstić information content (AvgIpc) is 2.88. The van der Waals surface area contributed by atoms with Crippen LogP contribution >= 0.6 is 0 Å². The van der Waals surface area contributed by atoms with Crippen LogP contribution in [0.5, 0.6) is 28.7 Å². The molecule has 0 aliphatic carbocycles. The van der Waals surface area contributed by atoms with Gasteiger partial charge in [0.1, 0.15) is 0 Å². The fraction of sp³-hybridized carbons (Fsp3) is 0.167. The zero-order valence-electron chi connectivity index (χ0n) is 19.0. The number of methoxy groups -OCH3 is 4. The lowest BCUT2D eigenvalue weighted by Crippen LogP contribution is -2.17. The first kappa shape index (κ1) is 24.1. The highest BCUT2D eigenvalue weighted by Gasteiger charge is 2.19. The van der Waals surface area contributed by atoms with Gasteiger partial charge in [-0.1, -0.05) is 0 Å². The Bertz CT molecular complexity index is 1170. The van der Waals surface area contributed by atoms with Crippen LogP contribution in [-0.2, 0) is 0 Å². The molecule has 1 aromatic heterocycles. The summed E-state index contributed by atoms with van der Waals surface area (Å²) in [4.78, 5) is 28.7. The molecule has 0 fully saturated rings. The maximum atomic E-state index is 12.8. The van der Waals surface area contributed by atoms with E-state index in [0.717, 1.165) is 0 Å².